The van der Waals surface area contributed by atoms with Gasteiger partial charge in [-0.1, -0.05) is 13.3 Å². The highest BCUT2D eigenvalue weighted by molar-refractivity contribution is 6.45. The van der Waals surface area contributed by atoms with Gasteiger partial charge in [0.25, 0.3) is 5.91 Å². The Morgan fingerprint density at radius 2 is 1.94 bits per heavy atom. The van der Waals surface area contributed by atoms with E-state index >= 15 is 0 Å². The summed E-state index contributed by atoms with van der Waals surface area (Å²) in [5.41, 5.74) is -0.673. The molecule has 2 aliphatic rings. The van der Waals surface area contributed by atoms with E-state index in [9.17, 15) is 14.7 Å². The molecule has 3 aromatic rings. The number of hydrogen-bond acceptors (Lipinski definition) is 7. The third-order valence-corrected chi connectivity index (χ3v) is 7.10. The summed E-state index contributed by atoms with van der Waals surface area (Å²) < 4.78 is 1.96. The number of anilines is 1. The maximum absolute atomic E-state index is 13.3. The van der Waals surface area contributed by atoms with Gasteiger partial charge in [0.15, 0.2) is 5.82 Å². The SMILES string of the molecule is CC(C)(O)c1cnc(N2C[C@@]3(CCC[C@](C)(Cn4ncc5ccncc54)C3)C(=O)C2=O)cn1. The fraction of sp³-hybridized carbons (Fsp3) is 0.500. The minimum absolute atomic E-state index is 0.185. The van der Waals surface area contributed by atoms with E-state index in [4.69, 9.17) is 0 Å². The number of carbonyl (C=O) groups excluding carboxylic acids is 2. The van der Waals surface area contributed by atoms with Gasteiger partial charge < -0.3 is 5.11 Å². The molecule has 0 bridgehead atoms. The van der Waals surface area contributed by atoms with Crippen LogP contribution in [0.25, 0.3) is 10.9 Å². The van der Waals surface area contributed by atoms with Gasteiger partial charge in [0.1, 0.15) is 5.60 Å². The number of aliphatic hydroxyl groups is 1. The lowest BCUT2D eigenvalue weighted by molar-refractivity contribution is -0.140. The first kappa shape index (κ1) is 21.6. The van der Waals surface area contributed by atoms with Crippen molar-refractivity contribution < 1.29 is 14.7 Å². The van der Waals surface area contributed by atoms with Crippen LogP contribution in [0.5, 0.6) is 0 Å². The Kier molecular flexibility index (Phi) is 4.86. The van der Waals surface area contributed by atoms with Gasteiger partial charge in [-0.3, -0.25) is 29.1 Å². The minimum Gasteiger partial charge on any atom is -0.384 e. The maximum atomic E-state index is 13.3. The first-order valence-corrected chi connectivity index (χ1v) is 11.3. The van der Waals surface area contributed by atoms with Crippen LogP contribution in [0.3, 0.4) is 0 Å². The van der Waals surface area contributed by atoms with E-state index in [-0.39, 0.29) is 11.2 Å². The fourth-order valence-electron chi connectivity index (χ4n) is 5.47. The summed E-state index contributed by atoms with van der Waals surface area (Å²) in [5, 5.41) is 15.7. The zero-order chi connectivity index (χ0) is 23.4. The van der Waals surface area contributed by atoms with Crippen molar-refractivity contribution in [2.75, 3.05) is 11.4 Å². The number of rotatable bonds is 4. The van der Waals surface area contributed by atoms with Crippen molar-refractivity contribution in [1.29, 1.82) is 0 Å². The molecule has 2 atom stereocenters. The van der Waals surface area contributed by atoms with Crippen LogP contribution in [0.15, 0.2) is 37.1 Å². The quantitative estimate of drug-likeness (QED) is 0.610. The maximum Gasteiger partial charge on any atom is 0.296 e. The van der Waals surface area contributed by atoms with E-state index < -0.39 is 16.9 Å². The first-order chi connectivity index (χ1) is 15.6. The predicted octanol–water partition coefficient (Wildman–Crippen LogP) is 2.63. The summed E-state index contributed by atoms with van der Waals surface area (Å²) in [6.45, 7) is 6.38. The molecule has 2 fully saturated rings. The molecule has 0 radical (unpaired) electrons. The van der Waals surface area contributed by atoms with Gasteiger partial charge in [-0.2, -0.15) is 5.10 Å². The molecule has 1 spiro atoms. The van der Waals surface area contributed by atoms with Crippen LogP contribution >= 0.6 is 0 Å². The molecule has 1 N–H and O–H groups in total. The van der Waals surface area contributed by atoms with Crippen LogP contribution < -0.4 is 4.90 Å². The molecule has 4 heterocycles. The molecule has 0 aromatic carbocycles. The molecule has 1 amide bonds. The first-order valence-electron chi connectivity index (χ1n) is 11.3. The summed E-state index contributed by atoms with van der Waals surface area (Å²) >= 11 is 0. The Labute approximate surface area is 191 Å². The second-order valence-electron chi connectivity index (χ2n) is 10.4. The van der Waals surface area contributed by atoms with E-state index in [1.165, 1.54) is 17.3 Å². The lowest BCUT2D eigenvalue weighted by Crippen LogP contribution is -2.42. The number of pyridine rings is 1. The summed E-state index contributed by atoms with van der Waals surface area (Å²) in [5.74, 6) is -0.526. The summed E-state index contributed by atoms with van der Waals surface area (Å²) in [7, 11) is 0. The highest BCUT2D eigenvalue weighted by Gasteiger charge is 2.56. The van der Waals surface area contributed by atoms with Gasteiger partial charge in [0.2, 0.25) is 5.78 Å². The largest absolute Gasteiger partial charge is 0.384 e. The lowest BCUT2D eigenvalue weighted by atomic mass is 9.62. The molecule has 9 heteroatoms. The van der Waals surface area contributed by atoms with Crippen molar-refractivity contribution in [1.82, 2.24) is 24.7 Å². The molecule has 3 aromatic heterocycles. The van der Waals surface area contributed by atoms with Gasteiger partial charge in [-0.25, -0.2) is 4.98 Å². The Bertz CT molecular complexity index is 1230. The van der Waals surface area contributed by atoms with Crippen molar-refractivity contribution in [3.63, 3.8) is 0 Å². The zero-order valence-corrected chi connectivity index (χ0v) is 19.2. The molecule has 0 unspecified atom stereocenters. The van der Waals surface area contributed by atoms with Crippen molar-refractivity contribution in [2.24, 2.45) is 10.8 Å². The number of Topliss-reactive ketones (excluding diaryl/α,β-unsaturated/α-hetero) is 1. The highest BCUT2D eigenvalue weighted by Crippen LogP contribution is 2.51. The predicted molar refractivity (Wildman–Crippen MR) is 121 cm³/mol. The molecule has 1 saturated carbocycles. The summed E-state index contributed by atoms with van der Waals surface area (Å²) in [6.07, 6.45) is 11.4. The van der Waals surface area contributed by atoms with Crippen LogP contribution in [0.2, 0.25) is 0 Å². The third kappa shape index (κ3) is 3.70. The molecular weight excluding hydrogens is 420 g/mol. The second kappa shape index (κ2) is 7.41. The van der Waals surface area contributed by atoms with Crippen molar-refractivity contribution in [2.45, 2.75) is 58.6 Å². The molecule has 33 heavy (non-hydrogen) atoms. The number of hydrogen-bond donors (Lipinski definition) is 1. The molecule has 1 aliphatic carbocycles. The van der Waals surface area contributed by atoms with Crippen LogP contribution in [0.4, 0.5) is 5.82 Å². The second-order valence-corrected chi connectivity index (χ2v) is 10.4. The van der Waals surface area contributed by atoms with Crippen LogP contribution in [-0.2, 0) is 21.7 Å². The Morgan fingerprint density at radius 1 is 1.12 bits per heavy atom. The van der Waals surface area contributed by atoms with Crippen LogP contribution in [-0.4, -0.2) is 48.1 Å². The Morgan fingerprint density at radius 3 is 2.67 bits per heavy atom. The van der Waals surface area contributed by atoms with Gasteiger partial charge in [0.05, 0.1) is 41.4 Å². The Hall–Kier alpha value is -3.20. The number of aromatic nitrogens is 5. The third-order valence-electron chi connectivity index (χ3n) is 7.10. The molecule has 5 rings (SSSR count). The van der Waals surface area contributed by atoms with Crippen molar-refractivity contribution in [3.05, 3.63) is 42.7 Å². The van der Waals surface area contributed by atoms with Crippen LogP contribution in [0.1, 0.15) is 52.1 Å². The van der Waals surface area contributed by atoms with Crippen molar-refractivity contribution in [3.8, 4) is 0 Å². The van der Waals surface area contributed by atoms with Gasteiger partial charge in [-0.15, -0.1) is 0 Å². The normalized spacial score (nSPS) is 26.0. The lowest BCUT2D eigenvalue weighted by Gasteiger charge is -2.43. The van der Waals surface area contributed by atoms with Gasteiger partial charge >= 0.3 is 0 Å². The van der Waals surface area contributed by atoms with E-state index in [0.29, 0.717) is 37.4 Å². The number of ketones is 1. The monoisotopic (exact) mass is 448 g/mol. The summed E-state index contributed by atoms with van der Waals surface area (Å²) in [4.78, 5) is 40.5. The van der Waals surface area contributed by atoms with Gasteiger partial charge in [0, 0.05) is 24.7 Å². The average Bonchev–Trinajstić information content (AvgIpc) is 3.28. The number of fused-ring (bicyclic) bond motifs is 1. The van der Waals surface area contributed by atoms with Gasteiger partial charge in [-0.05, 0) is 44.6 Å². The fourth-order valence-corrected chi connectivity index (χ4v) is 5.47. The minimum atomic E-state index is -1.13. The number of carbonyl (C=O) groups is 2. The highest BCUT2D eigenvalue weighted by atomic mass is 16.3. The molecule has 9 nitrogen and oxygen atoms in total. The average molecular weight is 449 g/mol. The molecular formula is C24H28N6O3. The smallest absolute Gasteiger partial charge is 0.296 e. The Balaban J connectivity index is 1.40. The number of nitrogens with zero attached hydrogens (tertiary/aromatic N) is 6. The topological polar surface area (TPSA) is 114 Å². The molecule has 172 valence electrons. The van der Waals surface area contributed by atoms with E-state index in [1.807, 2.05) is 23.1 Å². The van der Waals surface area contributed by atoms with E-state index in [2.05, 4.69) is 27.0 Å². The zero-order valence-electron chi connectivity index (χ0n) is 19.2. The molecule has 1 saturated heterocycles. The molecule has 1 aliphatic heterocycles. The van der Waals surface area contributed by atoms with Crippen LogP contribution in [0, 0.1) is 10.8 Å². The van der Waals surface area contributed by atoms with E-state index in [1.54, 1.807) is 20.0 Å². The van der Waals surface area contributed by atoms with E-state index in [0.717, 1.165) is 23.7 Å². The summed E-state index contributed by atoms with van der Waals surface area (Å²) in [6, 6.07) is 1.94. The number of amides is 1. The van der Waals surface area contributed by atoms with Crippen molar-refractivity contribution >= 4 is 28.4 Å². The standard InChI is InChI=1S/C24H28N6O3/c1-22(2,33)18-11-27-19(12-26-18)29-15-24(20(31)21(29)32)7-4-6-23(3,13-24)14-30-17-10-25-8-5-16(17)9-28-30/h5,8-12,33H,4,6-7,13-15H2,1-3H3/t23-,24-/m0/s1.